The van der Waals surface area contributed by atoms with Gasteiger partial charge in [0.2, 0.25) is 0 Å². The fourth-order valence-corrected chi connectivity index (χ4v) is 1.33. The normalized spacial score (nSPS) is 15.3. The second kappa shape index (κ2) is 6.17. The van der Waals surface area contributed by atoms with Crippen molar-refractivity contribution in [1.29, 1.82) is 0 Å². The molecule has 20 heavy (non-hydrogen) atoms. The van der Waals surface area contributed by atoms with Crippen LogP contribution in [-0.2, 0) is 9.53 Å². The Labute approximate surface area is 111 Å². The SMILES string of the molecule is CCCC(OC(=O)C(F)(F)C(F)(F)C(F)(F)F)C(C)C. The van der Waals surface area contributed by atoms with E-state index >= 15 is 0 Å². The highest BCUT2D eigenvalue weighted by atomic mass is 19.4. The van der Waals surface area contributed by atoms with Crippen LogP contribution in [0.5, 0.6) is 0 Å². The van der Waals surface area contributed by atoms with Crippen LogP contribution in [0.25, 0.3) is 0 Å². The molecule has 0 aliphatic heterocycles. The first kappa shape index (κ1) is 19.0. The average molecular weight is 312 g/mol. The van der Waals surface area contributed by atoms with Crippen LogP contribution >= 0.6 is 0 Å². The van der Waals surface area contributed by atoms with Gasteiger partial charge in [0.15, 0.2) is 0 Å². The maximum absolute atomic E-state index is 13.0. The van der Waals surface area contributed by atoms with E-state index < -0.39 is 36.0 Å². The van der Waals surface area contributed by atoms with Gasteiger partial charge in [0, 0.05) is 0 Å². The zero-order valence-corrected chi connectivity index (χ0v) is 11.0. The van der Waals surface area contributed by atoms with Gasteiger partial charge in [0.05, 0.1) is 0 Å². The molecule has 9 heteroatoms. The first-order valence-corrected chi connectivity index (χ1v) is 5.82. The molecule has 0 aromatic carbocycles. The van der Waals surface area contributed by atoms with Gasteiger partial charge in [-0.25, -0.2) is 4.79 Å². The third-order valence-electron chi connectivity index (χ3n) is 2.58. The van der Waals surface area contributed by atoms with E-state index in [1.807, 2.05) is 0 Å². The predicted octanol–water partition coefficient (Wildman–Crippen LogP) is 4.19. The number of ether oxygens (including phenoxy) is 1. The Morgan fingerprint density at radius 2 is 1.50 bits per heavy atom. The van der Waals surface area contributed by atoms with Crippen molar-refractivity contribution in [2.45, 2.75) is 57.7 Å². The van der Waals surface area contributed by atoms with E-state index in [9.17, 15) is 35.5 Å². The van der Waals surface area contributed by atoms with Gasteiger partial charge < -0.3 is 4.74 Å². The van der Waals surface area contributed by atoms with E-state index in [-0.39, 0.29) is 6.42 Å². The first-order valence-electron chi connectivity index (χ1n) is 5.82. The molecule has 0 heterocycles. The summed E-state index contributed by atoms with van der Waals surface area (Å²) in [5.74, 6) is -15.8. The Kier molecular flexibility index (Phi) is 5.86. The van der Waals surface area contributed by atoms with Gasteiger partial charge in [0.1, 0.15) is 6.10 Å². The standard InChI is InChI=1S/C11H15F7O2/c1-4-5-7(6(2)3)20-8(19)9(12,13)10(14,15)11(16,17)18/h6-7H,4-5H2,1-3H3. The Bertz CT molecular complexity index is 336. The monoisotopic (exact) mass is 312 g/mol. The highest BCUT2D eigenvalue weighted by Gasteiger charge is 2.77. The minimum absolute atomic E-state index is 0.0804. The van der Waals surface area contributed by atoms with Gasteiger partial charge in [-0.3, -0.25) is 0 Å². The number of carbonyl (C=O) groups is 1. The van der Waals surface area contributed by atoms with E-state index in [0.717, 1.165) is 0 Å². The molecule has 0 rings (SSSR count). The number of hydrogen-bond donors (Lipinski definition) is 0. The van der Waals surface area contributed by atoms with Crippen LogP contribution in [0.4, 0.5) is 30.7 Å². The molecule has 0 aliphatic carbocycles. The topological polar surface area (TPSA) is 26.3 Å². The molecule has 0 spiro atoms. The molecule has 2 nitrogen and oxygen atoms in total. The Morgan fingerprint density at radius 1 is 1.05 bits per heavy atom. The highest BCUT2D eigenvalue weighted by molar-refractivity contribution is 5.79. The number of carbonyl (C=O) groups excluding carboxylic acids is 1. The number of rotatable bonds is 6. The van der Waals surface area contributed by atoms with E-state index in [1.165, 1.54) is 13.8 Å². The minimum atomic E-state index is -6.55. The van der Waals surface area contributed by atoms with Crippen molar-refractivity contribution in [3.8, 4) is 0 Å². The third-order valence-corrected chi connectivity index (χ3v) is 2.58. The van der Waals surface area contributed by atoms with Crippen LogP contribution in [0.1, 0.15) is 33.6 Å². The summed E-state index contributed by atoms with van der Waals surface area (Å²) in [5, 5.41) is 0. The molecule has 120 valence electrons. The summed E-state index contributed by atoms with van der Waals surface area (Å²) in [6, 6.07) is 0. The van der Waals surface area contributed by atoms with Crippen LogP contribution in [0.3, 0.4) is 0 Å². The van der Waals surface area contributed by atoms with Crippen LogP contribution in [0.15, 0.2) is 0 Å². The van der Waals surface area contributed by atoms with E-state index in [4.69, 9.17) is 0 Å². The molecule has 0 amide bonds. The number of esters is 1. The summed E-state index contributed by atoms with van der Waals surface area (Å²) in [5.41, 5.74) is 0. The lowest BCUT2D eigenvalue weighted by atomic mass is 10.0. The summed E-state index contributed by atoms with van der Waals surface area (Å²) in [6.07, 6.45) is -7.23. The Balaban J connectivity index is 5.17. The van der Waals surface area contributed by atoms with Crippen molar-refractivity contribution >= 4 is 5.97 Å². The molecule has 1 atom stereocenters. The fraction of sp³-hybridized carbons (Fsp3) is 0.909. The summed E-state index contributed by atoms with van der Waals surface area (Å²) in [6.45, 7) is 4.55. The predicted molar refractivity (Wildman–Crippen MR) is 55.6 cm³/mol. The zero-order valence-electron chi connectivity index (χ0n) is 11.0. The molecule has 0 aliphatic rings. The highest BCUT2D eigenvalue weighted by Crippen LogP contribution is 2.47. The lowest BCUT2D eigenvalue weighted by molar-refractivity contribution is -0.349. The third kappa shape index (κ3) is 3.76. The van der Waals surface area contributed by atoms with Gasteiger partial charge in [-0.05, 0) is 12.3 Å². The van der Waals surface area contributed by atoms with E-state index in [2.05, 4.69) is 4.74 Å². The summed E-state index contributed by atoms with van der Waals surface area (Å²) in [4.78, 5) is 11.0. The molecule has 0 bridgehead atoms. The van der Waals surface area contributed by atoms with Gasteiger partial charge >= 0.3 is 24.0 Å². The number of hydrogen-bond acceptors (Lipinski definition) is 2. The van der Waals surface area contributed by atoms with Crippen LogP contribution < -0.4 is 0 Å². The van der Waals surface area contributed by atoms with E-state index in [0.29, 0.717) is 6.42 Å². The fourth-order valence-electron chi connectivity index (χ4n) is 1.33. The second-order valence-corrected chi connectivity index (χ2v) is 4.62. The molecular weight excluding hydrogens is 297 g/mol. The van der Waals surface area contributed by atoms with Gasteiger partial charge in [0.25, 0.3) is 0 Å². The summed E-state index contributed by atoms with van der Waals surface area (Å²) < 4.78 is 91.1. The molecule has 0 aromatic rings. The van der Waals surface area contributed by atoms with Crippen molar-refractivity contribution in [3.63, 3.8) is 0 Å². The maximum Gasteiger partial charge on any atom is 0.460 e. The summed E-state index contributed by atoms with van der Waals surface area (Å²) >= 11 is 0. The molecule has 0 aromatic heterocycles. The molecule has 0 N–H and O–H groups in total. The van der Waals surface area contributed by atoms with Crippen LogP contribution in [0.2, 0.25) is 0 Å². The molecule has 0 saturated carbocycles. The molecule has 0 radical (unpaired) electrons. The van der Waals surface area contributed by atoms with E-state index in [1.54, 1.807) is 6.92 Å². The molecule has 1 unspecified atom stereocenters. The van der Waals surface area contributed by atoms with Crippen LogP contribution in [-0.4, -0.2) is 30.1 Å². The van der Waals surface area contributed by atoms with Crippen molar-refractivity contribution < 1.29 is 40.3 Å². The van der Waals surface area contributed by atoms with Gasteiger partial charge in [-0.15, -0.1) is 0 Å². The zero-order chi connectivity index (χ0) is 16.4. The summed E-state index contributed by atoms with van der Waals surface area (Å²) in [7, 11) is 0. The maximum atomic E-state index is 13.0. The van der Waals surface area contributed by atoms with Gasteiger partial charge in [-0.1, -0.05) is 27.2 Å². The number of alkyl halides is 7. The quantitative estimate of drug-likeness (QED) is 0.543. The van der Waals surface area contributed by atoms with Crippen molar-refractivity contribution in [2.24, 2.45) is 5.92 Å². The molecular formula is C11H15F7O2. The van der Waals surface area contributed by atoms with Crippen molar-refractivity contribution in [1.82, 2.24) is 0 Å². The average Bonchev–Trinajstić information content (AvgIpc) is 2.26. The van der Waals surface area contributed by atoms with Crippen LogP contribution in [0, 0.1) is 5.92 Å². The lowest BCUT2D eigenvalue weighted by Crippen LogP contribution is -2.57. The lowest BCUT2D eigenvalue weighted by Gasteiger charge is -2.29. The second-order valence-electron chi connectivity index (χ2n) is 4.62. The van der Waals surface area contributed by atoms with Gasteiger partial charge in [-0.2, -0.15) is 30.7 Å². The van der Waals surface area contributed by atoms with Crippen molar-refractivity contribution in [3.05, 3.63) is 0 Å². The van der Waals surface area contributed by atoms with Crippen molar-refractivity contribution in [2.75, 3.05) is 0 Å². The molecule has 0 saturated heterocycles. The molecule has 0 fully saturated rings. The largest absolute Gasteiger partial charge is 0.460 e. The number of halogens is 7. The smallest absolute Gasteiger partial charge is 0.457 e. The Morgan fingerprint density at radius 3 is 1.80 bits per heavy atom. The minimum Gasteiger partial charge on any atom is -0.457 e. The Hall–Kier alpha value is -1.02. The first-order chi connectivity index (χ1) is 8.79.